The molecule has 1 atom stereocenters. The zero-order valence-corrected chi connectivity index (χ0v) is 18.2. The van der Waals surface area contributed by atoms with Crippen molar-refractivity contribution in [3.8, 4) is 5.75 Å². The number of hydrogen-bond donors (Lipinski definition) is 1. The lowest BCUT2D eigenvalue weighted by Crippen LogP contribution is -2.32. The van der Waals surface area contributed by atoms with Gasteiger partial charge in [0, 0.05) is 32.6 Å². The van der Waals surface area contributed by atoms with Crippen molar-refractivity contribution in [2.24, 2.45) is 0 Å². The van der Waals surface area contributed by atoms with Crippen LogP contribution in [0.1, 0.15) is 35.5 Å². The Morgan fingerprint density at radius 2 is 1.85 bits per heavy atom. The summed E-state index contributed by atoms with van der Waals surface area (Å²) in [4.78, 5) is 39.1. The van der Waals surface area contributed by atoms with Gasteiger partial charge in [-0.15, -0.1) is 0 Å². The number of aliphatic hydroxyl groups is 1. The van der Waals surface area contributed by atoms with Crippen molar-refractivity contribution in [1.82, 2.24) is 4.90 Å². The number of methoxy groups -OCH3 is 1. The summed E-state index contributed by atoms with van der Waals surface area (Å²) in [5, 5.41) is 11.5. The maximum atomic E-state index is 13.5. The van der Waals surface area contributed by atoms with Crippen LogP contribution in [0.4, 0.5) is 0 Å². The largest absolute Gasteiger partial charge is 0.503 e. The Bertz CT molecular complexity index is 1210. The van der Waals surface area contributed by atoms with E-state index in [1.165, 1.54) is 11.8 Å². The van der Waals surface area contributed by atoms with Crippen LogP contribution >= 0.6 is 0 Å². The number of fused-ring (bicyclic) bond motifs is 1. The minimum absolute atomic E-state index is 0.0332. The number of nitrogens with zero attached hydrogens (tertiary/aromatic N) is 1. The number of carbonyl (C=O) groups excluding carboxylic acids is 3. The zero-order chi connectivity index (χ0) is 23.5. The molecule has 1 aliphatic rings. The van der Waals surface area contributed by atoms with Gasteiger partial charge >= 0.3 is 5.97 Å². The van der Waals surface area contributed by atoms with Crippen molar-refractivity contribution in [3.63, 3.8) is 0 Å². The van der Waals surface area contributed by atoms with E-state index in [2.05, 4.69) is 0 Å². The van der Waals surface area contributed by atoms with E-state index < -0.39 is 29.5 Å². The summed E-state index contributed by atoms with van der Waals surface area (Å²) >= 11 is 0. The number of benzene rings is 2. The molecule has 0 radical (unpaired) electrons. The molecule has 4 rings (SSSR count). The summed E-state index contributed by atoms with van der Waals surface area (Å²) in [6.45, 7) is 1.98. The lowest BCUT2D eigenvalue weighted by atomic mass is 9.95. The number of aliphatic hydroxyl groups excluding tert-OH is 1. The van der Waals surface area contributed by atoms with Crippen LogP contribution in [0.25, 0.3) is 11.0 Å². The topological polar surface area (TPSA) is 106 Å². The van der Waals surface area contributed by atoms with Crippen LogP contribution in [-0.4, -0.2) is 47.9 Å². The van der Waals surface area contributed by atoms with Gasteiger partial charge in [-0.25, -0.2) is 0 Å². The second kappa shape index (κ2) is 9.30. The molecular weight excluding hydrogens is 426 g/mol. The molecule has 3 aromatic rings. The Morgan fingerprint density at radius 1 is 1.12 bits per heavy atom. The van der Waals surface area contributed by atoms with E-state index >= 15 is 0 Å². The first-order chi connectivity index (χ1) is 15.9. The van der Waals surface area contributed by atoms with E-state index in [1.54, 1.807) is 49.6 Å². The average molecular weight is 449 g/mol. The SMILES string of the molecule is COCCCN1C(=O)C(O)=C(C(=O)c2cc3ccccc3o2)C1c1ccc(OC(C)=O)cc1. The molecule has 0 saturated carbocycles. The molecule has 2 aromatic carbocycles. The molecule has 8 heteroatoms. The van der Waals surface area contributed by atoms with Gasteiger partial charge in [-0.2, -0.15) is 0 Å². The van der Waals surface area contributed by atoms with Gasteiger partial charge < -0.3 is 23.9 Å². The standard InChI is InChI=1S/C25H23NO7/c1-15(27)32-18-10-8-16(9-11-18)22-21(24(29)25(30)26(22)12-5-13-31-2)23(28)20-14-17-6-3-4-7-19(17)33-20/h3-4,6-11,14,22,29H,5,12-13H2,1-2H3. The number of Topliss-reactive ketones (excluding diaryl/α,β-unsaturated/α-hetero) is 1. The third kappa shape index (κ3) is 4.38. The number of carbonyl (C=O) groups is 3. The van der Waals surface area contributed by atoms with E-state index in [9.17, 15) is 19.5 Å². The molecule has 1 amide bonds. The maximum absolute atomic E-state index is 13.5. The molecule has 0 bridgehead atoms. The lowest BCUT2D eigenvalue weighted by Gasteiger charge is -2.26. The Hall–Kier alpha value is -3.91. The number of ether oxygens (including phenoxy) is 2. The summed E-state index contributed by atoms with van der Waals surface area (Å²) in [6, 6.07) is 14.4. The number of esters is 1. The van der Waals surface area contributed by atoms with Gasteiger partial charge in [0.2, 0.25) is 5.78 Å². The molecular formula is C25H23NO7. The van der Waals surface area contributed by atoms with Gasteiger partial charge in [-0.05, 0) is 36.2 Å². The molecule has 0 fully saturated rings. The Labute approximate surface area is 190 Å². The summed E-state index contributed by atoms with van der Waals surface area (Å²) < 4.78 is 15.9. The molecule has 0 spiro atoms. The fraction of sp³-hybridized carbons (Fsp3) is 0.240. The highest BCUT2D eigenvalue weighted by Crippen LogP contribution is 2.40. The van der Waals surface area contributed by atoms with Crippen LogP contribution in [0, 0.1) is 0 Å². The van der Waals surface area contributed by atoms with Gasteiger partial charge in [0.05, 0.1) is 11.6 Å². The fourth-order valence-electron chi connectivity index (χ4n) is 3.95. The maximum Gasteiger partial charge on any atom is 0.308 e. The van der Waals surface area contributed by atoms with Crippen molar-refractivity contribution in [2.45, 2.75) is 19.4 Å². The molecule has 1 aliphatic heterocycles. The van der Waals surface area contributed by atoms with E-state index in [-0.39, 0.29) is 17.9 Å². The second-order valence-electron chi connectivity index (χ2n) is 7.65. The minimum Gasteiger partial charge on any atom is -0.503 e. The first-order valence-electron chi connectivity index (χ1n) is 10.5. The Morgan fingerprint density at radius 3 is 2.52 bits per heavy atom. The van der Waals surface area contributed by atoms with E-state index in [0.29, 0.717) is 29.9 Å². The van der Waals surface area contributed by atoms with Crippen molar-refractivity contribution < 1.29 is 33.4 Å². The van der Waals surface area contributed by atoms with Gasteiger partial charge in [0.15, 0.2) is 11.5 Å². The lowest BCUT2D eigenvalue weighted by molar-refractivity contribution is -0.132. The Kier molecular flexibility index (Phi) is 6.28. The predicted molar refractivity (Wildman–Crippen MR) is 119 cm³/mol. The zero-order valence-electron chi connectivity index (χ0n) is 18.2. The number of para-hydroxylation sites is 1. The number of hydrogen-bond acceptors (Lipinski definition) is 7. The highest BCUT2D eigenvalue weighted by atomic mass is 16.5. The van der Waals surface area contributed by atoms with Gasteiger partial charge in [-0.3, -0.25) is 14.4 Å². The van der Waals surface area contributed by atoms with Crippen LogP contribution in [0.3, 0.4) is 0 Å². The van der Waals surface area contributed by atoms with Crippen LogP contribution in [0.5, 0.6) is 5.75 Å². The van der Waals surface area contributed by atoms with Crippen molar-refractivity contribution >= 4 is 28.6 Å². The molecule has 170 valence electrons. The first-order valence-corrected chi connectivity index (χ1v) is 10.5. The van der Waals surface area contributed by atoms with E-state index in [4.69, 9.17) is 13.9 Å². The van der Waals surface area contributed by atoms with E-state index in [0.717, 1.165) is 5.39 Å². The molecule has 0 aliphatic carbocycles. The highest BCUT2D eigenvalue weighted by Gasteiger charge is 2.44. The van der Waals surface area contributed by atoms with Crippen molar-refractivity contribution in [1.29, 1.82) is 0 Å². The molecule has 33 heavy (non-hydrogen) atoms. The number of amides is 1. The smallest absolute Gasteiger partial charge is 0.308 e. The third-order valence-corrected chi connectivity index (χ3v) is 5.40. The minimum atomic E-state index is -0.832. The molecule has 2 heterocycles. The summed E-state index contributed by atoms with van der Waals surface area (Å²) in [7, 11) is 1.56. The van der Waals surface area contributed by atoms with Crippen LogP contribution in [0.15, 0.2) is 70.3 Å². The predicted octanol–water partition coefficient (Wildman–Crippen LogP) is 3.97. The number of rotatable bonds is 8. The Balaban J connectivity index is 1.74. The fourth-order valence-corrected chi connectivity index (χ4v) is 3.95. The number of furan rings is 1. The molecule has 8 nitrogen and oxygen atoms in total. The first kappa shape index (κ1) is 22.3. The quantitative estimate of drug-likeness (QED) is 0.240. The van der Waals surface area contributed by atoms with Crippen LogP contribution < -0.4 is 4.74 Å². The summed E-state index contributed by atoms with van der Waals surface area (Å²) in [5.41, 5.74) is 1.06. The molecule has 0 saturated heterocycles. The van der Waals surface area contributed by atoms with Crippen LogP contribution in [-0.2, 0) is 14.3 Å². The molecule has 1 unspecified atom stereocenters. The van der Waals surface area contributed by atoms with Crippen molar-refractivity contribution in [3.05, 3.63) is 77.3 Å². The van der Waals surface area contributed by atoms with Crippen LogP contribution in [0.2, 0.25) is 0 Å². The third-order valence-electron chi connectivity index (χ3n) is 5.40. The summed E-state index contributed by atoms with van der Waals surface area (Å²) in [6.07, 6.45) is 0.518. The van der Waals surface area contributed by atoms with Crippen molar-refractivity contribution in [2.75, 3.05) is 20.3 Å². The molecule has 1 N–H and O–H groups in total. The number of ketones is 1. The monoisotopic (exact) mass is 449 g/mol. The second-order valence-corrected chi connectivity index (χ2v) is 7.65. The van der Waals surface area contributed by atoms with Gasteiger partial charge in [0.25, 0.3) is 5.91 Å². The normalized spacial score (nSPS) is 16.0. The van der Waals surface area contributed by atoms with E-state index in [1.807, 2.05) is 12.1 Å². The molecule has 1 aromatic heterocycles. The van der Waals surface area contributed by atoms with Gasteiger partial charge in [0.1, 0.15) is 11.3 Å². The highest BCUT2D eigenvalue weighted by molar-refractivity contribution is 6.16. The average Bonchev–Trinajstić information content (AvgIpc) is 3.34. The summed E-state index contributed by atoms with van der Waals surface area (Å²) in [5.74, 6) is -1.91. The van der Waals surface area contributed by atoms with Gasteiger partial charge in [-0.1, -0.05) is 30.3 Å².